The highest BCUT2D eigenvalue weighted by Gasteiger charge is 2.27. The second-order valence-electron chi connectivity index (χ2n) is 26.4. The van der Waals surface area contributed by atoms with E-state index in [2.05, 4.69) is 100 Å². The molecule has 0 bridgehead atoms. The summed E-state index contributed by atoms with van der Waals surface area (Å²) in [6, 6.07) is 37.4. The molecule has 3 aliphatic rings. The molecular formula is C82H94Cl2N10O13. The molecule has 2 unspecified atom stereocenters. The molecule has 9 N–H and O–H groups in total. The molecule has 8 aromatic rings. The summed E-state index contributed by atoms with van der Waals surface area (Å²) in [5.74, 6) is 2.34. The van der Waals surface area contributed by atoms with E-state index in [1.165, 1.54) is 12.4 Å². The van der Waals surface area contributed by atoms with E-state index in [9.17, 15) is 30.2 Å². The van der Waals surface area contributed by atoms with Crippen molar-refractivity contribution in [1.82, 2.24) is 25.1 Å². The van der Waals surface area contributed by atoms with Crippen LogP contribution in [0.15, 0.2) is 139 Å². The van der Waals surface area contributed by atoms with Crippen molar-refractivity contribution in [1.29, 1.82) is 10.5 Å². The predicted molar refractivity (Wildman–Crippen MR) is 411 cm³/mol. The van der Waals surface area contributed by atoms with Crippen LogP contribution in [0.4, 0.5) is 0 Å². The van der Waals surface area contributed by atoms with E-state index in [0.29, 0.717) is 113 Å². The van der Waals surface area contributed by atoms with Crippen molar-refractivity contribution in [2.24, 2.45) is 16.5 Å². The third kappa shape index (κ3) is 23.2. The number of aliphatic hydroxyl groups is 2. The van der Waals surface area contributed by atoms with E-state index in [1.54, 1.807) is 55.9 Å². The number of carboxylic acids is 2. The molecule has 2 atom stereocenters. The van der Waals surface area contributed by atoms with Crippen molar-refractivity contribution < 1.29 is 63.2 Å². The van der Waals surface area contributed by atoms with Crippen molar-refractivity contribution in [3.05, 3.63) is 205 Å². The molecule has 6 aromatic carbocycles. The molecule has 0 saturated carbocycles. The number of nitrogens with one attached hydrogen (secondary N) is 1. The fraction of sp³-hybridized carbons (Fsp3) is 0.378. The van der Waals surface area contributed by atoms with Crippen LogP contribution in [0.2, 0.25) is 10.0 Å². The highest BCUT2D eigenvalue weighted by atomic mass is 35.5. The highest BCUT2D eigenvalue weighted by Crippen LogP contribution is 2.41. The zero-order valence-electron chi connectivity index (χ0n) is 61.1. The van der Waals surface area contributed by atoms with E-state index in [-0.39, 0.29) is 32.0 Å². The molecule has 23 nitrogen and oxygen atoms in total. The van der Waals surface area contributed by atoms with Crippen LogP contribution in [0.3, 0.4) is 0 Å². The van der Waals surface area contributed by atoms with Crippen LogP contribution >= 0.6 is 23.2 Å². The van der Waals surface area contributed by atoms with Gasteiger partial charge in [-0.2, -0.15) is 10.5 Å². The molecule has 11 rings (SSSR count). The number of carbonyl (C=O) groups is 2. The third-order valence-corrected chi connectivity index (χ3v) is 19.5. The number of ether oxygens (including phenoxy) is 7. The monoisotopic (exact) mass is 1500 g/mol. The maximum atomic E-state index is 11.8. The van der Waals surface area contributed by atoms with Crippen LogP contribution in [-0.4, -0.2) is 155 Å². The van der Waals surface area contributed by atoms with Gasteiger partial charge < -0.3 is 80.2 Å². The molecule has 0 amide bonds. The molecule has 2 aromatic heterocycles. The zero-order valence-corrected chi connectivity index (χ0v) is 62.6. The lowest BCUT2D eigenvalue weighted by molar-refractivity contribution is -0.139. The Balaban J connectivity index is 0.000000226. The molecule has 107 heavy (non-hydrogen) atoms. The van der Waals surface area contributed by atoms with Crippen molar-refractivity contribution in [3.63, 3.8) is 0 Å². The maximum absolute atomic E-state index is 11.8. The van der Waals surface area contributed by atoms with Gasteiger partial charge in [-0.05, 0) is 172 Å². The smallest absolute Gasteiger partial charge is 0.326 e. The minimum atomic E-state index is -0.990. The quantitative estimate of drug-likeness (QED) is 0.0206. The molecule has 0 aliphatic carbocycles. The fourth-order valence-corrected chi connectivity index (χ4v) is 13.0. The Morgan fingerprint density at radius 2 is 1.01 bits per heavy atom. The number of aliphatic hydroxyl groups excluding tert-OH is 2. The largest absolute Gasteiger partial charge is 0.493 e. The van der Waals surface area contributed by atoms with Crippen LogP contribution in [0.5, 0.6) is 40.2 Å². The van der Waals surface area contributed by atoms with Gasteiger partial charge in [-0.25, -0.2) is 4.79 Å². The molecule has 25 heteroatoms. The van der Waals surface area contributed by atoms with E-state index in [0.717, 1.165) is 150 Å². The minimum Gasteiger partial charge on any atom is -0.493 e. The number of likely N-dealkylation sites (tertiary alicyclic amines) is 2. The average Bonchev–Trinajstić information content (AvgIpc) is 0.807. The van der Waals surface area contributed by atoms with Crippen molar-refractivity contribution in [2.75, 3.05) is 72.7 Å². The lowest BCUT2D eigenvalue weighted by Crippen LogP contribution is -2.44. The number of benzene rings is 6. The number of aliphatic carboxylic acids is 2. The normalized spacial score (nSPS) is 14.9. The van der Waals surface area contributed by atoms with E-state index >= 15 is 0 Å². The Labute approximate surface area is 635 Å². The number of aromatic nitrogens is 2. The summed E-state index contributed by atoms with van der Waals surface area (Å²) < 4.78 is 42.8. The van der Waals surface area contributed by atoms with E-state index in [1.807, 2.05) is 42.5 Å². The average molecular weight is 1500 g/mol. The van der Waals surface area contributed by atoms with Crippen LogP contribution in [0.1, 0.15) is 113 Å². The Morgan fingerprint density at radius 1 is 0.561 bits per heavy atom. The Hall–Kier alpha value is -10.1. The van der Waals surface area contributed by atoms with Crippen LogP contribution in [0, 0.1) is 50.4 Å². The summed E-state index contributed by atoms with van der Waals surface area (Å²) in [7, 11) is 1.55. The Kier molecular flexibility index (Phi) is 30.8. The topological polar surface area (TPSA) is 336 Å². The fourth-order valence-electron chi connectivity index (χ4n) is 12.6. The van der Waals surface area contributed by atoms with Crippen LogP contribution < -0.4 is 49.9 Å². The molecule has 2 fully saturated rings. The first-order valence-corrected chi connectivity index (χ1v) is 36.6. The first-order valence-electron chi connectivity index (χ1n) is 35.8. The maximum Gasteiger partial charge on any atom is 0.326 e. The van der Waals surface area contributed by atoms with Crippen LogP contribution in [-0.2, 0) is 36.0 Å². The number of hydrogen-bond donors (Lipinski definition) is 7. The number of hydrogen-bond acceptors (Lipinski definition) is 21. The lowest BCUT2D eigenvalue weighted by Gasteiger charge is -2.29. The molecule has 3 aliphatic heterocycles. The number of methoxy groups -OCH3 is 1. The number of halogens is 2. The van der Waals surface area contributed by atoms with Gasteiger partial charge in [-0.15, -0.1) is 0 Å². The molecule has 0 radical (unpaired) electrons. The number of piperidine rings is 2. The van der Waals surface area contributed by atoms with Gasteiger partial charge in [0, 0.05) is 99.9 Å². The summed E-state index contributed by atoms with van der Waals surface area (Å²) in [6.07, 6.45) is 11.9. The van der Waals surface area contributed by atoms with Gasteiger partial charge >= 0.3 is 11.9 Å². The van der Waals surface area contributed by atoms with E-state index < -0.39 is 24.0 Å². The number of aliphatic imine (C=N–C) groups is 1. The first-order chi connectivity index (χ1) is 51.7. The zero-order chi connectivity index (χ0) is 76.4. The van der Waals surface area contributed by atoms with E-state index in [4.69, 9.17) is 78.2 Å². The van der Waals surface area contributed by atoms with Gasteiger partial charge in [-0.3, -0.25) is 19.8 Å². The third-order valence-electron chi connectivity index (χ3n) is 18.9. The first kappa shape index (κ1) is 81.0. The van der Waals surface area contributed by atoms with Crippen LogP contribution in [0.25, 0.3) is 22.3 Å². The summed E-state index contributed by atoms with van der Waals surface area (Å²) >= 11 is 13.4. The summed E-state index contributed by atoms with van der Waals surface area (Å²) in [4.78, 5) is 39.2. The predicted octanol–water partition coefficient (Wildman–Crippen LogP) is 12.5. The SMILES string of the molecule is COc1cc(Cl)c(OCc2cccc(-c3cccc(OCCCN4CCC(O)CC4)c3C)c2C)cc1OCc1cncc(C#N)c1.Cc1c(COc2cc(OCc3cncc(C#N)c3)c(C3=NCCC(C(=O)O)N3)cc2Cl)cccc1-c1cccc(OCCCN2CCC(O)CC2)c1C.NCCC(N)C(=O)O. The molecule has 5 heterocycles. The number of nitriles is 2. The highest BCUT2D eigenvalue weighted by molar-refractivity contribution is 6.33. The Morgan fingerprint density at radius 3 is 1.46 bits per heavy atom. The number of pyridine rings is 2. The van der Waals surface area contributed by atoms with Gasteiger partial charge in [0.25, 0.3) is 0 Å². The molecular weight excluding hydrogens is 1400 g/mol. The van der Waals surface area contributed by atoms with Gasteiger partial charge in [0.15, 0.2) is 11.5 Å². The minimum absolute atomic E-state index is 0.0962. The van der Waals surface area contributed by atoms with Gasteiger partial charge in [0.05, 0.1) is 59.3 Å². The van der Waals surface area contributed by atoms with Crippen molar-refractivity contribution in [3.8, 4) is 74.6 Å². The molecule has 564 valence electrons. The van der Waals surface area contributed by atoms with Gasteiger partial charge in [0.1, 0.15) is 85.2 Å². The lowest BCUT2D eigenvalue weighted by atomic mass is 9.93. The standard InChI is InChI=1S/C41H44ClN5O6.C37H40ClN3O5.C4H10N2O2/c1-26-30(6-3-7-32(26)33-8-4-9-37(27(33)2)51-17-5-14-47-15-11-31(48)12-16-47)25-53-39-20-38(52-24-29-18-28(21-43)22-44-23-29)34(19-35(39)42)40-45-13-10-36(46-40)41(49)50;1-25-29(24-46-35-19-37(36(43-3)18-33(35)38)45-23-28-17-27(20-39)21-40-22-28)7-4-8-31(25)32-9-5-10-34(26(32)2)44-16-6-13-41-14-11-30(42)12-15-41;5-2-1-3(6)4(7)8/h3-4,6-9,18-20,22-23,31,36,48H,5,10-17,24-25H2,1-2H3,(H,45,46)(H,49,50);4-5,7-10,17-19,21-22,30,42H,6,11-16,23-24H2,1-3H3;3H,1-2,5-6H2,(H,7,8). The Bertz CT molecular complexity index is 4440. The second kappa shape index (κ2) is 40.6. The number of rotatable bonds is 30. The second-order valence-corrected chi connectivity index (χ2v) is 27.2. The molecule has 2 saturated heterocycles. The summed E-state index contributed by atoms with van der Waals surface area (Å²) in [5, 5.41) is 59.5. The van der Waals surface area contributed by atoms with Gasteiger partial charge in [-0.1, -0.05) is 83.9 Å². The van der Waals surface area contributed by atoms with Crippen molar-refractivity contribution in [2.45, 2.75) is 130 Å². The summed E-state index contributed by atoms with van der Waals surface area (Å²) in [5.41, 5.74) is 23.6. The number of amidine groups is 1. The van der Waals surface area contributed by atoms with Gasteiger partial charge in [0.2, 0.25) is 0 Å². The molecule has 0 spiro atoms. The van der Waals surface area contributed by atoms with Crippen molar-refractivity contribution >= 4 is 41.0 Å². The number of carboxylic acid groups (broad SMARTS) is 2. The number of nitrogens with two attached hydrogens (primary N) is 2. The summed E-state index contributed by atoms with van der Waals surface area (Å²) in [6.45, 7) is 16.8. The number of nitrogens with zero attached hydrogens (tertiary/aromatic N) is 7.